The predicted molar refractivity (Wildman–Crippen MR) is 113 cm³/mol. The van der Waals surface area contributed by atoms with E-state index in [0.717, 1.165) is 12.1 Å². The predicted octanol–water partition coefficient (Wildman–Crippen LogP) is 6.42. The van der Waals surface area contributed by atoms with Crippen molar-refractivity contribution in [2.45, 2.75) is 111 Å². The van der Waals surface area contributed by atoms with Crippen LogP contribution in [0.4, 0.5) is 0 Å². The maximum Gasteiger partial charge on any atom is 0.246 e. The second kappa shape index (κ2) is 19.3. The van der Waals surface area contributed by atoms with Crippen LogP contribution in [0.1, 0.15) is 111 Å². The van der Waals surface area contributed by atoms with Crippen LogP contribution in [0.3, 0.4) is 0 Å². The second-order valence-electron chi connectivity index (χ2n) is 7.22. The Morgan fingerprint density at radius 1 is 0.720 bits per heavy atom. The first-order chi connectivity index (χ1) is 11.9. The third kappa shape index (κ3) is 17.6. The van der Waals surface area contributed by atoms with Crippen LogP contribution in [-0.2, 0) is 4.79 Å². The summed E-state index contributed by atoms with van der Waals surface area (Å²) in [5.41, 5.74) is 6.77. The monoisotopic (exact) mass is 354 g/mol. The molecule has 0 aromatic rings. The van der Waals surface area contributed by atoms with Crippen molar-refractivity contribution in [3.8, 4) is 0 Å². The molecule has 0 aliphatic rings. The number of carbonyl (C=O) groups excluding carboxylic acids is 1. The highest BCUT2D eigenvalue weighted by atomic mass is 16.1. The molecular weight excluding hydrogens is 308 g/mol. The molecule has 1 amide bonds. The van der Waals surface area contributed by atoms with Crippen molar-refractivity contribution >= 4 is 5.91 Å². The average molecular weight is 355 g/mol. The van der Waals surface area contributed by atoms with Gasteiger partial charge in [-0.15, -0.1) is 0 Å². The van der Waals surface area contributed by atoms with Gasteiger partial charge in [0.1, 0.15) is 0 Å². The van der Waals surface area contributed by atoms with Crippen molar-refractivity contribution in [3.63, 3.8) is 0 Å². The Morgan fingerprint density at radius 2 is 1.04 bits per heavy atom. The van der Waals surface area contributed by atoms with Crippen molar-refractivity contribution < 1.29 is 4.79 Å². The topological polar surface area (TPSA) is 46.3 Å². The van der Waals surface area contributed by atoms with E-state index in [0.29, 0.717) is 5.57 Å². The second-order valence-corrected chi connectivity index (χ2v) is 7.22. The number of primary amides is 1. The lowest BCUT2D eigenvalue weighted by Gasteiger charge is -2.17. The third-order valence-corrected chi connectivity index (χ3v) is 4.63. The highest BCUT2D eigenvalue weighted by Crippen LogP contribution is 2.11. The van der Waals surface area contributed by atoms with E-state index in [2.05, 4.69) is 13.8 Å². The van der Waals surface area contributed by atoms with Gasteiger partial charge in [0.2, 0.25) is 5.91 Å². The Balaban J connectivity index is 0. The summed E-state index contributed by atoms with van der Waals surface area (Å²) in [6, 6.07) is 0. The van der Waals surface area contributed by atoms with E-state index < -0.39 is 0 Å². The number of nitrogens with zero attached hydrogens (tertiary/aromatic N) is 1. The average Bonchev–Trinajstić information content (AvgIpc) is 2.57. The molecule has 0 aromatic carbocycles. The molecule has 0 fully saturated rings. The Kier molecular flexibility index (Phi) is 20.3. The molecule has 0 aromatic heterocycles. The van der Waals surface area contributed by atoms with Crippen LogP contribution >= 0.6 is 0 Å². The molecule has 0 radical (unpaired) electrons. The van der Waals surface area contributed by atoms with Gasteiger partial charge in [0, 0.05) is 25.4 Å². The zero-order valence-electron chi connectivity index (χ0n) is 18.1. The van der Waals surface area contributed by atoms with Gasteiger partial charge in [-0.1, -0.05) is 97.8 Å². The zero-order chi connectivity index (χ0) is 19.5. The summed E-state index contributed by atoms with van der Waals surface area (Å²) in [6.07, 6.45) is 18.3. The summed E-state index contributed by atoms with van der Waals surface area (Å²) in [5.74, 6) is -0.337. The molecule has 0 heterocycles. The number of allylic oxidation sites excluding steroid dienone is 1. The normalized spacial score (nSPS) is 11.4. The van der Waals surface area contributed by atoms with Crippen LogP contribution in [0.2, 0.25) is 0 Å². The first kappa shape index (κ1) is 26.2. The molecular formula is C22H46N2O. The molecule has 0 unspecified atom stereocenters. The fourth-order valence-electron chi connectivity index (χ4n) is 2.97. The van der Waals surface area contributed by atoms with Crippen LogP contribution in [0.15, 0.2) is 11.3 Å². The lowest BCUT2D eigenvalue weighted by Crippen LogP contribution is -2.20. The van der Waals surface area contributed by atoms with Crippen LogP contribution in [0, 0.1) is 0 Å². The van der Waals surface area contributed by atoms with Gasteiger partial charge in [-0.2, -0.15) is 0 Å². The van der Waals surface area contributed by atoms with Gasteiger partial charge in [-0.25, -0.2) is 0 Å². The van der Waals surface area contributed by atoms with Gasteiger partial charge in [0.05, 0.1) is 0 Å². The quantitative estimate of drug-likeness (QED) is 0.289. The minimum absolute atomic E-state index is 0.337. The first-order valence-electron chi connectivity index (χ1n) is 10.6. The van der Waals surface area contributed by atoms with Gasteiger partial charge >= 0.3 is 0 Å². The molecule has 0 saturated heterocycles. The highest BCUT2D eigenvalue weighted by molar-refractivity contribution is 5.91. The standard InChI is InChI=1S/C14H30.C8H16N2O/c1-3-5-7-9-11-13-14-12-10-8-6-4-2;1-5-7(10(3)4)6(2)8(9)11/h3-14H2,1-2H3;5H2,1-4H3,(H2,9,11). The molecule has 0 atom stereocenters. The number of nitrogens with two attached hydrogens (primary N) is 1. The molecule has 0 bridgehead atoms. The molecule has 150 valence electrons. The molecule has 0 aliphatic heterocycles. The van der Waals surface area contributed by atoms with Gasteiger partial charge in [0.25, 0.3) is 0 Å². The maximum absolute atomic E-state index is 10.7. The van der Waals surface area contributed by atoms with Gasteiger partial charge < -0.3 is 10.6 Å². The summed E-state index contributed by atoms with van der Waals surface area (Å²) in [6.45, 7) is 8.32. The third-order valence-electron chi connectivity index (χ3n) is 4.63. The highest BCUT2D eigenvalue weighted by Gasteiger charge is 2.06. The molecule has 25 heavy (non-hydrogen) atoms. The van der Waals surface area contributed by atoms with Crippen molar-refractivity contribution in [1.82, 2.24) is 4.90 Å². The summed E-state index contributed by atoms with van der Waals surface area (Å²) >= 11 is 0. The fourth-order valence-corrected chi connectivity index (χ4v) is 2.97. The zero-order valence-corrected chi connectivity index (χ0v) is 18.1. The van der Waals surface area contributed by atoms with E-state index in [-0.39, 0.29) is 5.91 Å². The van der Waals surface area contributed by atoms with Crippen molar-refractivity contribution in [2.75, 3.05) is 14.1 Å². The molecule has 2 N–H and O–H groups in total. The summed E-state index contributed by atoms with van der Waals surface area (Å²) in [4.78, 5) is 12.7. The van der Waals surface area contributed by atoms with Crippen LogP contribution in [0.25, 0.3) is 0 Å². The van der Waals surface area contributed by atoms with Gasteiger partial charge in [0.15, 0.2) is 0 Å². The Morgan fingerprint density at radius 3 is 1.20 bits per heavy atom. The van der Waals surface area contributed by atoms with E-state index in [1.807, 2.05) is 25.9 Å². The van der Waals surface area contributed by atoms with E-state index in [4.69, 9.17) is 5.73 Å². The van der Waals surface area contributed by atoms with Gasteiger partial charge in [-0.3, -0.25) is 4.79 Å². The minimum Gasteiger partial charge on any atom is -0.381 e. The van der Waals surface area contributed by atoms with Crippen LogP contribution < -0.4 is 5.73 Å². The number of rotatable bonds is 14. The number of carbonyl (C=O) groups is 1. The maximum atomic E-state index is 10.7. The van der Waals surface area contributed by atoms with Crippen LogP contribution in [-0.4, -0.2) is 24.9 Å². The Labute approximate surface area is 158 Å². The molecule has 0 saturated carbocycles. The number of hydrogen-bond acceptors (Lipinski definition) is 2. The molecule has 0 aliphatic carbocycles. The molecule has 3 heteroatoms. The van der Waals surface area contributed by atoms with E-state index in [1.54, 1.807) is 6.92 Å². The van der Waals surface area contributed by atoms with E-state index in [1.165, 1.54) is 77.0 Å². The van der Waals surface area contributed by atoms with E-state index in [9.17, 15) is 4.79 Å². The number of amides is 1. The summed E-state index contributed by atoms with van der Waals surface area (Å²) in [7, 11) is 3.82. The Hall–Kier alpha value is -0.990. The minimum atomic E-state index is -0.337. The van der Waals surface area contributed by atoms with E-state index >= 15 is 0 Å². The van der Waals surface area contributed by atoms with Crippen molar-refractivity contribution in [1.29, 1.82) is 0 Å². The van der Waals surface area contributed by atoms with Crippen molar-refractivity contribution in [2.24, 2.45) is 5.73 Å². The molecule has 0 rings (SSSR count). The van der Waals surface area contributed by atoms with Crippen molar-refractivity contribution in [3.05, 3.63) is 11.3 Å². The SMILES string of the molecule is CCC(=C(C)C(N)=O)N(C)C.CCCCCCCCCCCCCC. The molecule has 3 nitrogen and oxygen atoms in total. The summed E-state index contributed by atoms with van der Waals surface area (Å²) < 4.78 is 0. The summed E-state index contributed by atoms with van der Waals surface area (Å²) in [5, 5.41) is 0. The Bertz CT molecular complexity index is 323. The molecule has 0 spiro atoms. The smallest absolute Gasteiger partial charge is 0.246 e. The lowest BCUT2D eigenvalue weighted by atomic mass is 10.1. The largest absolute Gasteiger partial charge is 0.381 e. The number of hydrogen-bond donors (Lipinski definition) is 1. The fraction of sp³-hybridized carbons (Fsp3) is 0.864. The lowest BCUT2D eigenvalue weighted by molar-refractivity contribution is -0.114. The van der Waals surface area contributed by atoms with Crippen LogP contribution in [0.5, 0.6) is 0 Å². The van der Waals surface area contributed by atoms with Gasteiger partial charge in [-0.05, 0) is 13.3 Å². The first-order valence-corrected chi connectivity index (χ1v) is 10.6. The number of unbranched alkanes of at least 4 members (excludes halogenated alkanes) is 11.